The molecule has 4 aliphatic rings. The SMILES string of the molecule is OC1(CC2CC3CCC2C3)CC2CCC(C1)N2. The smallest absolute Gasteiger partial charge is 0.0680 e. The van der Waals surface area contributed by atoms with Crippen LogP contribution in [0.4, 0.5) is 0 Å². The van der Waals surface area contributed by atoms with E-state index < -0.39 is 0 Å². The van der Waals surface area contributed by atoms with E-state index in [4.69, 9.17) is 0 Å². The lowest BCUT2D eigenvalue weighted by Crippen LogP contribution is -2.49. The van der Waals surface area contributed by atoms with Gasteiger partial charge in [0.1, 0.15) is 0 Å². The highest BCUT2D eigenvalue weighted by Crippen LogP contribution is 2.52. The molecule has 4 fully saturated rings. The van der Waals surface area contributed by atoms with Gasteiger partial charge in [-0.3, -0.25) is 0 Å². The third kappa shape index (κ3) is 1.84. The van der Waals surface area contributed by atoms with Crippen molar-refractivity contribution in [3.63, 3.8) is 0 Å². The predicted octanol–water partition coefficient (Wildman–Crippen LogP) is 2.46. The van der Waals surface area contributed by atoms with E-state index in [-0.39, 0.29) is 5.60 Å². The van der Waals surface area contributed by atoms with Gasteiger partial charge in [-0.25, -0.2) is 0 Å². The van der Waals surface area contributed by atoms with Crippen LogP contribution < -0.4 is 5.32 Å². The number of rotatable bonds is 2. The fraction of sp³-hybridized carbons (Fsp3) is 1.00. The largest absolute Gasteiger partial charge is 0.390 e. The van der Waals surface area contributed by atoms with Crippen LogP contribution in [0.2, 0.25) is 0 Å². The van der Waals surface area contributed by atoms with Crippen LogP contribution in [0.1, 0.15) is 57.8 Å². The molecule has 0 spiro atoms. The Kier molecular flexibility index (Phi) is 2.36. The van der Waals surface area contributed by atoms with Gasteiger partial charge in [0, 0.05) is 12.1 Å². The van der Waals surface area contributed by atoms with Gasteiger partial charge in [-0.15, -0.1) is 0 Å². The minimum absolute atomic E-state index is 0.313. The zero-order valence-corrected chi connectivity index (χ0v) is 10.7. The second-order valence-electron chi connectivity index (χ2n) is 7.41. The normalized spacial score (nSPS) is 56.6. The van der Waals surface area contributed by atoms with Crippen molar-refractivity contribution in [3.05, 3.63) is 0 Å². The Labute approximate surface area is 104 Å². The monoisotopic (exact) mass is 235 g/mol. The van der Waals surface area contributed by atoms with Gasteiger partial charge in [-0.2, -0.15) is 0 Å². The number of hydrogen-bond donors (Lipinski definition) is 2. The molecule has 5 atom stereocenters. The summed E-state index contributed by atoms with van der Waals surface area (Å²) in [4.78, 5) is 0. The number of piperidine rings is 1. The summed E-state index contributed by atoms with van der Waals surface area (Å²) in [6, 6.07) is 1.25. The molecule has 2 aliphatic carbocycles. The molecular formula is C15H25NO. The lowest BCUT2D eigenvalue weighted by atomic mass is 9.75. The molecule has 2 heteroatoms. The standard InChI is InChI=1S/C15H25NO/c17-15(8-13-3-4-14(9-15)16-13)7-12-6-10-1-2-11(12)5-10/h10-14,16-17H,1-9H2. The van der Waals surface area contributed by atoms with Gasteiger partial charge in [0.05, 0.1) is 5.60 Å². The van der Waals surface area contributed by atoms with E-state index in [1.165, 1.54) is 38.5 Å². The molecule has 2 saturated heterocycles. The Morgan fingerprint density at radius 2 is 1.76 bits per heavy atom. The van der Waals surface area contributed by atoms with Gasteiger partial charge in [0.2, 0.25) is 0 Å². The molecule has 0 aromatic heterocycles. The summed E-state index contributed by atoms with van der Waals surface area (Å²) in [5, 5.41) is 14.5. The Balaban J connectivity index is 1.44. The first-order valence-electron chi connectivity index (χ1n) is 7.69. The Morgan fingerprint density at radius 3 is 2.35 bits per heavy atom. The van der Waals surface area contributed by atoms with E-state index in [1.54, 1.807) is 0 Å². The van der Waals surface area contributed by atoms with Crippen LogP contribution in [0.5, 0.6) is 0 Å². The maximum atomic E-state index is 10.9. The molecule has 17 heavy (non-hydrogen) atoms. The lowest BCUT2D eigenvalue weighted by Gasteiger charge is -2.40. The fourth-order valence-electron chi connectivity index (χ4n) is 5.51. The van der Waals surface area contributed by atoms with Crippen LogP contribution >= 0.6 is 0 Å². The first-order chi connectivity index (χ1) is 8.20. The van der Waals surface area contributed by atoms with E-state index in [9.17, 15) is 5.11 Å². The summed E-state index contributed by atoms with van der Waals surface area (Å²) in [5.74, 6) is 2.85. The molecule has 96 valence electrons. The van der Waals surface area contributed by atoms with Crippen molar-refractivity contribution >= 4 is 0 Å². The van der Waals surface area contributed by atoms with Crippen molar-refractivity contribution in [1.82, 2.24) is 5.32 Å². The Bertz CT molecular complexity index is 304. The van der Waals surface area contributed by atoms with Crippen molar-refractivity contribution in [2.24, 2.45) is 17.8 Å². The molecule has 0 radical (unpaired) electrons. The summed E-state index contributed by atoms with van der Waals surface area (Å²) in [6.45, 7) is 0. The minimum atomic E-state index is -0.313. The van der Waals surface area contributed by atoms with Gasteiger partial charge in [-0.05, 0) is 69.1 Å². The fourth-order valence-corrected chi connectivity index (χ4v) is 5.51. The average Bonchev–Trinajstić information content (AvgIpc) is 2.93. The van der Waals surface area contributed by atoms with Crippen molar-refractivity contribution in [3.8, 4) is 0 Å². The van der Waals surface area contributed by atoms with Crippen LogP contribution in [0, 0.1) is 17.8 Å². The van der Waals surface area contributed by atoms with Crippen LogP contribution in [0.15, 0.2) is 0 Å². The van der Waals surface area contributed by atoms with Gasteiger partial charge in [0.15, 0.2) is 0 Å². The summed E-state index contributed by atoms with van der Waals surface area (Å²) >= 11 is 0. The van der Waals surface area contributed by atoms with E-state index in [1.807, 2.05) is 0 Å². The van der Waals surface area contributed by atoms with E-state index >= 15 is 0 Å². The first kappa shape index (κ1) is 10.8. The maximum absolute atomic E-state index is 10.9. The van der Waals surface area contributed by atoms with Crippen molar-refractivity contribution < 1.29 is 5.11 Å². The molecular weight excluding hydrogens is 210 g/mol. The van der Waals surface area contributed by atoms with Crippen LogP contribution in [0.25, 0.3) is 0 Å². The molecule has 2 N–H and O–H groups in total. The third-order valence-electron chi connectivity index (χ3n) is 6.11. The first-order valence-corrected chi connectivity index (χ1v) is 7.69. The number of aliphatic hydroxyl groups is 1. The summed E-state index contributed by atoms with van der Waals surface area (Å²) < 4.78 is 0. The molecule has 2 nitrogen and oxygen atoms in total. The van der Waals surface area contributed by atoms with Crippen LogP contribution in [0.3, 0.4) is 0 Å². The van der Waals surface area contributed by atoms with Gasteiger partial charge < -0.3 is 10.4 Å². The summed E-state index contributed by atoms with van der Waals surface area (Å²) in [5.41, 5.74) is -0.313. The van der Waals surface area contributed by atoms with E-state index in [0.29, 0.717) is 12.1 Å². The molecule has 2 aliphatic heterocycles. The molecule has 2 saturated carbocycles. The van der Waals surface area contributed by atoms with Crippen LogP contribution in [-0.2, 0) is 0 Å². The van der Waals surface area contributed by atoms with Crippen molar-refractivity contribution in [2.75, 3.05) is 0 Å². The highest BCUT2D eigenvalue weighted by atomic mass is 16.3. The topological polar surface area (TPSA) is 32.3 Å². The lowest BCUT2D eigenvalue weighted by molar-refractivity contribution is -0.0330. The minimum Gasteiger partial charge on any atom is -0.390 e. The van der Waals surface area contributed by atoms with E-state index in [2.05, 4.69) is 5.32 Å². The molecule has 4 rings (SSSR count). The number of nitrogens with one attached hydrogen (secondary N) is 1. The highest BCUT2D eigenvalue weighted by Gasteiger charge is 2.47. The predicted molar refractivity (Wildman–Crippen MR) is 67.7 cm³/mol. The second kappa shape index (κ2) is 3.71. The zero-order valence-electron chi connectivity index (χ0n) is 10.7. The maximum Gasteiger partial charge on any atom is 0.0680 e. The molecule has 0 aromatic carbocycles. The Hall–Kier alpha value is -0.0800. The zero-order chi connectivity index (χ0) is 11.5. The number of fused-ring (bicyclic) bond motifs is 4. The summed E-state index contributed by atoms with van der Waals surface area (Å²) in [7, 11) is 0. The van der Waals surface area contributed by atoms with Gasteiger partial charge >= 0.3 is 0 Å². The molecule has 0 aromatic rings. The molecule has 5 unspecified atom stereocenters. The highest BCUT2D eigenvalue weighted by molar-refractivity contribution is 5.02. The van der Waals surface area contributed by atoms with Gasteiger partial charge in [0.25, 0.3) is 0 Å². The van der Waals surface area contributed by atoms with Crippen molar-refractivity contribution in [1.29, 1.82) is 0 Å². The molecule has 4 bridgehead atoms. The Morgan fingerprint density at radius 1 is 1.00 bits per heavy atom. The second-order valence-corrected chi connectivity index (χ2v) is 7.41. The van der Waals surface area contributed by atoms with E-state index in [0.717, 1.165) is 37.0 Å². The van der Waals surface area contributed by atoms with Crippen molar-refractivity contribution in [2.45, 2.75) is 75.5 Å². The number of hydrogen-bond acceptors (Lipinski definition) is 2. The summed E-state index contributed by atoms with van der Waals surface area (Å²) in [6.07, 6.45) is 11.6. The average molecular weight is 235 g/mol. The third-order valence-corrected chi connectivity index (χ3v) is 6.11. The molecule has 0 amide bonds. The molecule has 2 heterocycles. The quantitative estimate of drug-likeness (QED) is 0.770. The van der Waals surface area contributed by atoms with Gasteiger partial charge in [-0.1, -0.05) is 6.42 Å². The van der Waals surface area contributed by atoms with Crippen LogP contribution in [-0.4, -0.2) is 22.8 Å².